The minimum absolute atomic E-state index is 0.0274. The normalized spacial score (nSPS) is 37.1. The molecule has 4 saturated carbocycles. The van der Waals surface area contributed by atoms with Crippen molar-refractivity contribution in [2.24, 2.45) is 46.3 Å². The molecule has 0 amide bonds. The number of carbonyl (C=O) groups excluding carboxylic acids is 5. The predicted molar refractivity (Wildman–Crippen MR) is 156 cm³/mol. The second-order valence-corrected chi connectivity index (χ2v) is 15.5. The van der Waals surface area contributed by atoms with E-state index >= 15 is 0 Å². The number of rotatable bonds is 15. The fourth-order valence-electron chi connectivity index (χ4n) is 9.85. The highest BCUT2D eigenvalue weighted by atomic mass is 32.2. The maximum Gasteiger partial charge on any atom is 0.465 e. The van der Waals surface area contributed by atoms with Gasteiger partial charge >= 0.3 is 27.3 Å². The fourth-order valence-corrected chi connectivity index (χ4v) is 10.1. The van der Waals surface area contributed by atoms with Gasteiger partial charge in [-0.1, -0.05) is 20.8 Å². The van der Waals surface area contributed by atoms with Crippen molar-refractivity contribution in [2.45, 2.75) is 102 Å². The Hall–Kier alpha value is -2.88. The van der Waals surface area contributed by atoms with Crippen LogP contribution >= 0.6 is 0 Å². The highest BCUT2D eigenvalue weighted by Gasteiger charge is 2.67. The molecular weight excluding hydrogens is 650 g/mol. The summed E-state index contributed by atoms with van der Waals surface area (Å²) in [5.41, 5.74) is -0.616. The third kappa shape index (κ3) is 6.99. The first kappa shape index (κ1) is 36.9. The van der Waals surface area contributed by atoms with Crippen LogP contribution in [0, 0.1) is 46.3 Å². The summed E-state index contributed by atoms with van der Waals surface area (Å²) in [4.78, 5) is 58.4. The van der Waals surface area contributed by atoms with E-state index in [0.29, 0.717) is 45.1 Å². The van der Waals surface area contributed by atoms with Crippen LogP contribution in [0.5, 0.6) is 0 Å². The van der Waals surface area contributed by atoms with Crippen LogP contribution in [-0.2, 0) is 57.8 Å². The maximum atomic E-state index is 13.3. The molecule has 266 valence electrons. The van der Waals surface area contributed by atoms with Crippen LogP contribution in [0.4, 0.5) is 8.78 Å². The number of esters is 2. The van der Waals surface area contributed by atoms with Crippen molar-refractivity contribution in [3.8, 4) is 0 Å². The second kappa shape index (κ2) is 14.3. The van der Waals surface area contributed by atoms with Crippen LogP contribution in [0.25, 0.3) is 0 Å². The van der Waals surface area contributed by atoms with Gasteiger partial charge in [0.2, 0.25) is 0 Å². The molecule has 47 heavy (non-hydrogen) atoms. The summed E-state index contributed by atoms with van der Waals surface area (Å²) in [5.74, 6) is -2.83. The van der Waals surface area contributed by atoms with Crippen LogP contribution < -0.4 is 0 Å². The minimum Gasteiger partial charge on any atom is -0.465 e. The Labute approximate surface area is 272 Å². The van der Waals surface area contributed by atoms with Crippen LogP contribution in [0.1, 0.15) is 78.6 Å². The van der Waals surface area contributed by atoms with Gasteiger partial charge in [0.05, 0.1) is 0 Å². The van der Waals surface area contributed by atoms with E-state index in [9.17, 15) is 41.2 Å². The van der Waals surface area contributed by atoms with Gasteiger partial charge in [0.1, 0.15) is 31.5 Å². The van der Waals surface area contributed by atoms with Gasteiger partial charge in [-0.15, -0.1) is 0 Å². The van der Waals surface area contributed by atoms with Crippen molar-refractivity contribution in [2.75, 3.05) is 13.2 Å². The number of alkyl halides is 2. The van der Waals surface area contributed by atoms with E-state index < -0.39 is 52.0 Å². The van der Waals surface area contributed by atoms with Gasteiger partial charge in [-0.3, -0.25) is 23.7 Å². The number of ether oxygens (including phenoxy) is 5. The molecule has 0 aromatic heterocycles. The molecule has 16 heteroatoms. The number of halogens is 2. The molecule has 0 aliphatic heterocycles. The lowest BCUT2D eigenvalue weighted by Gasteiger charge is -2.64. The average molecular weight is 695 g/mol. The lowest BCUT2D eigenvalue weighted by molar-refractivity contribution is -0.218. The molecule has 0 aromatic rings. The van der Waals surface area contributed by atoms with E-state index in [2.05, 4.69) is 18.6 Å². The topological polar surface area (TPSA) is 186 Å². The van der Waals surface area contributed by atoms with Crippen LogP contribution in [0.15, 0.2) is 0 Å². The van der Waals surface area contributed by atoms with Gasteiger partial charge in [-0.2, -0.15) is 17.2 Å². The van der Waals surface area contributed by atoms with Crippen molar-refractivity contribution in [3.05, 3.63) is 0 Å². The summed E-state index contributed by atoms with van der Waals surface area (Å²) in [6.07, 6.45) is 4.46. The SMILES string of the molecule is C[C@H](CCC(=O)OCCOC(=O)C(F)(F)S(=O)(=O)O)[C@H]1CC[C@H]2[C@@H]3C(OC=O)C[C@@H]4CC(OC=O)CC[C@]4(C)[C@H]3CC(OC=O)[C@]12C. The Kier molecular flexibility index (Phi) is 11.2. The van der Waals surface area contributed by atoms with E-state index in [1.807, 2.05) is 6.92 Å². The summed E-state index contributed by atoms with van der Waals surface area (Å²) in [6.45, 7) is 6.41. The highest BCUT2D eigenvalue weighted by Crippen LogP contribution is 2.69. The molecule has 0 saturated heterocycles. The Morgan fingerprint density at radius 3 is 2.23 bits per heavy atom. The number of hydrogen-bond donors (Lipinski definition) is 1. The molecule has 3 unspecified atom stereocenters. The van der Waals surface area contributed by atoms with Crippen molar-refractivity contribution in [3.63, 3.8) is 0 Å². The zero-order valence-electron chi connectivity index (χ0n) is 26.7. The first-order chi connectivity index (χ1) is 22.1. The molecule has 11 atom stereocenters. The van der Waals surface area contributed by atoms with Crippen LogP contribution in [-0.4, -0.2) is 81.1 Å². The molecule has 4 aliphatic carbocycles. The Balaban J connectivity index is 1.42. The lowest BCUT2D eigenvalue weighted by atomic mass is 9.43. The summed E-state index contributed by atoms with van der Waals surface area (Å²) in [6, 6.07) is 0. The summed E-state index contributed by atoms with van der Waals surface area (Å²) in [5, 5.41) is -5.14. The number of hydrogen-bond acceptors (Lipinski definition) is 12. The van der Waals surface area contributed by atoms with Gasteiger partial charge in [0.15, 0.2) is 0 Å². The van der Waals surface area contributed by atoms with Crippen LogP contribution in [0.3, 0.4) is 0 Å². The Morgan fingerprint density at radius 1 is 0.936 bits per heavy atom. The number of fused-ring (bicyclic) bond motifs is 5. The zero-order chi connectivity index (χ0) is 34.8. The molecule has 0 radical (unpaired) electrons. The molecule has 4 fully saturated rings. The molecular formula is C31H44F2O13S. The third-order valence-electron chi connectivity index (χ3n) is 12.1. The standard InChI is InChI=1S/C31H44F2O13S/c1-18(4-7-26(37)42-10-11-43-28(38)31(32,33)47(39,40)41)21-5-6-22-27-23(14-25(46-17-36)30(21,22)3)29(2)9-8-20(44-15-34)12-19(29)13-24(27)45-16-35/h15-25,27H,4-14H2,1-3H3,(H,39,40,41)/t18-,19+,20?,21-,22+,23+,24?,25?,27+,29+,30-/m1/s1. The highest BCUT2D eigenvalue weighted by molar-refractivity contribution is 7.87. The Bertz CT molecular complexity index is 1290. The van der Waals surface area contributed by atoms with E-state index in [1.165, 1.54) is 0 Å². The van der Waals surface area contributed by atoms with E-state index in [0.717, 1.165) is 25.7 Å². The zero-order valence-corrected chi connectivity index (χ0v) is 27.5. The first-order valence-corrected chi connectivity index (χ1v) is 17.4. The van der Waals surface area contributed by atoms with Crippen molar-refractivity contribution >= 4 is 41.5 Å². The quantitative estimate of drug-likeness (QED) is 0.0864. The molecule has 0 aromatic carbocycles. The van der Waals surface area contributed by atoms with Gasteiger partial charge in [-0.25, -0.2) is 4.79 Å². The van der Waals surface area contributed by atoms with Crippen molar-refractivity contribution in [1.29, 1.82) is 0 Å². The molecule has 4 rings (SSSR count). The van der Waals surface area contributed by atoms with E-state index in [4.69, 9.17) is 23.5 Å². The largest absolute Gasteiger partial charge is 0.465 e. The van der Waals surface area contributed by atoms with Gasteiger partial charge in [-0.05, 0) is 86.4 Å². The van der Waals surface area contributed by atoms with Gasteiger partial charge in [0.25, 0.3) is 19.4 Å². The van der Waals surface area contributed by atoms with Gasteiger partial charge < -0.3 is 23.7 Å². The molecule has 0 heterocycles. The predicted octanol–water partition coefficient (Wildman–Crippen LogP) is 3.47. The average Bonchev–Trinajstić information content (AvgIpc) is 3.36. The lowest BCUT2D eigenvalue weighted by Crippen LogP contribution is -2.63. The fraction of sp³-hybridized carbons (Fsp3) is 0.839. The molecule has 1 N–H and O–H groups in total. The number of carbonyl (C=O) groups is 5. The Morgan fingerprint density at radius 2 is 1.60 bits per heavy atom. The maximum absolute atomic E-state index is 13.3. The van der Waals surface area contributed by atoms with Crippen LogP contribution in [0.2, 0.25) is 0 Å². The van der Waals surface area contributed by atoms with Crippen molar-refractivity contribution < 1.29 is 69.4 Å². The van der Waals surface area contributed by atoms with Crippen molar-refractivity contribution in [1.82, 2.24) is 0 Å². The second-order valence-electron chi connectivity index (χ2n) is 14.0. The molecule has 4 aliphatic rings. The molecule has 0 spiro atoms. The minimum atomic E-state index is -6.01. The van der Waals surface area contributed by atoms with Gasteiger partial charge in [0, 0.05) is 17.8 Å². The molecule has 0 bridgehead atoms. The summed E-state index contributed by atoms with van der Waals surface area (Å²) < 4.78 is 82.4. The summed E-state index contributed by atoms with van der Waals surface area (Å²) in [7, 11) is -6.01. The summed E-state index contributed by atoms with van der Waals surface area (Å²) >= 11 is 0. The monoisotopic (exact) mass is 694 g/mol. The molecule has 13 nitrogen and oxygen atoms in total. The smallest absolute Gasteiger partial charge is 0.465 e. The van der Waals surface area contributed by atoms with E-state index in [-0.39, 0.29) is 59.6 Å². The van der Waals surface area contributed by atoms with E-state index in [1.54, 1.807) is 0 Å². The first-order valence-electron chi connectivity index (χ1n) is 16.0. The third-order valence-corrected chi connectivity index (χ3v) is 12.9.